The van der Waals surface area contributed by atoms with Crippen molar-refractivity contribution in [1.29, 1.82) is 0 Å². The van der Waals surface area contributed by atoms with E-state index in [4.69, 9.17) is 23.2 Å². The highest BCUT2D eigenvalue weighted by Gasteiger charge is 2.10. The minimum Gasteiger partial charge on any atom is -0.380 e. The summed E-state index contributed by atoms with van der Waals surface area (Å²) in [6.07, 6.45) is 2.13. The number of halogens is 3. The van der Waals surface area contributed by atoms with Crippen LogP contribution in [-0.2, 0) is 13.6 Å². The van der Waals surface area contributed by atoms with Crippen molar-refractivity contribution in [2.24, 2.45) is 7.05 Å². The zero-order chi connectivity index (χ0) is 15.0. The van der Waals surface area contributed by atoms with Crippen LogP contribution >= 0.6 is 39.1 Å². The molecule has 0 radical (unpaired) electrons. The molecule has 0 amide bonds. The Morgan fingerprint density at radius 3 is 2.67 bits per heavy atom. The molecule has 0 bridgehead atoms. The van der Waals surface area contributed by atoms with Gasteiger partial charge in [-0.05, 0) is 39.7 Å². The van der Waals surface area contributed by atoms with E-state index in [-0.39, 0.29) is 0 Å². The van der Waals surface area contributed by atoms with Crippen LogP contribution in [-0.4, -0.2) is 4.57 Å². The monoisotopic (exact) mass is 382 g/mol. The Bertz CT molecular complexity index is 811. The topological polar surface area (TPSA) is 17.0 Å². The molecule has 0 aliphatic carbocycles. The van der Waals surface area contributed by atoms with Crippen LogP contribution in [0.15, 0.2) is 47.1 Å². The van der Waals surface area contributed by atoms with Gasteiger partial charge in [-0.15, -0.1) is 0 Å². The van der Waals surface area contributed by atoms with Gasteiger partial charge in [-0.25, -0.2) is 0 Å². The first kappa shape index (κ1) is 14.8. The van der Waals surface area contributed by atoms with E-state index < -0.39 is 0 Å². The summed E-state index contributed by atoms with van der Waals surface area (Å²) >= 11 is 15.8. The van der Waals surface area contributed by atoms with Crippen molar-refractivity contribution in [2.75, 3.05) is 5.32 Å². The molecule has 2 nitrogen and oxygen atoms in total. The summed E-state index contributed by atoms with van der Waals surface area (Å²) in [6, 6.07) is 12.1. The van der Waals surface area contributed by atoms with Crippen LogP contribution in [0.2, 0.25) is 10.0 Å². The maximum absolute atomic E-state index is 6.26. The molecule has 3 aromatic rings. The van der Waals surface area contributed by atoms with Crippen LogP contribution in [0, 0.1) is 0 Å². The molecular weight excluding hydrogens is 371 g/mol. The van der Waals surface area contributed by atoms with Gasteiger partial charge in [0.15, 0.2) is 0 Å². The number of rotatable bonds is 3. The van der Waals surface area contributed by atoms with Gasteiger partial charge in [-0.1, -0.05) is 41.4 Å². The van der Waals surface area contributed by atoms with Gasteiger partial charge in [0.25, 0.3) is 0 Å². The molecule has 3 rings (SSSR count). The molecule has 0 saturated heterocycles. The molecule has 1 heterocycles. The largest absolute Gasteiger partial charge is 0.380 e. The molecule has 2 aromatic carbocycles. The fourth-order valence-corrected chi connectivity index (χ4v) is 3.26. The first-order chi connectivity index (χ1) is 10.1. The summed E-state index contributed by atoms with van der Waals surface area (Å²) in [5.74, 6) is 0. The summed E-state index contributed by atoms with van der Waals surface area (Å²) < 4.78 is 2.92. The van der Waals surface area contributed by atoms with Crippen LogP contribution in [0.25, 0.3) is 10.9 Å². The number of nitrogens with one attached hydrogen (secondary N) is 1. The van der Waals surface area contributed by atoms with Crippen molar-refractivity contribution in [2.45, 2.75) is 6.54 Å². The molecule has 108 valence electrons. The average Bonchev–Trinajstić information content (AvgIpc) is 2.81. The van der Waals surface area contributed by atoms with E-state index in [9.17, 15) is 0 Å². The number of nitrogens with zero attached hydrogens (tertiary/aromatic N) is 1. The Morgan fingerprint density at radius 1 is 1.10 bits per heavy atom. The highest BCUT2D eigenvalue weighted by Crippen LogP contribution is 2.36. The number of hydrogen-bond donors (Lipinski definition) is 1. The summed E-state index contributed by atoms with van der Waals surface area (Å²) in [5, 5.41) is 5.66. The van der Waals surface area contributed by atoms with Crippen molar-refractivity contribution in [1.82, 2.24) is 4.57 Å². The molecule has 0 fully saturated rings. The predicted octanol–water partition coefficient (Wildman–Crippen LogP) is 5.86. The summed E-state index contributed by atoms with van der Waals surface area (Å²) in [7, 11) is 2.05. The highest BCUT2D eigenvalue weighted by atomic mass is 79.9. The third kappa shape index (κ3) is 2.78. The van der Waals surface area contributed by atoms with E-state index in [1.807, 2.05) is 18.2 Å². The first-order valence-electron chi connectivity index (χ1n) is 6.48. The van der Waals surface area contributed by atoms with E-state index in [2.05, 4.69) is 57.3 Å². The fraction of sp³-hybridized carbons (Fsp3) is 0.125. The Morgan fingerprint density at radius 2 is 1.86 bits per heavy atom. The van der Waals surface area contributed by atoms with Gasteiger partial charge in [-0.3, -0.25) is 0 Å². The van der Waals surface area contributed by atoms with Gasteiger partial charge < -0.3 is 9.88 Å². The summed E-state index contributed by atoms with van der Waals surface area (Å²) in [4.78, 5) is 0. The lowest BCUT2D eigenvalue weighted by Crippen LogP contribution is -1.99. The summed E-state index contributed by atoms with van der Waals surface area (Å²) in [6.45, 7) is 0.693. The second-order valence-electron chi connectivity index (χ2n) is 4.86. The van der Waals surface area contributed by atoms with E-state index in [1.54, 1.807) is 0 Å². The minimum absolute atomic E-state index is 0.527. The van der Waals surface area contributed by atoms with E-state index >= 15 is 0 Å². The van der Waals surface area contributed by atoms with Gasteiger partial charge in [0.2, 0.25) is 0 Å². The molecular formula is C16H13BrCl2N2. The maximum atomic E-state index is 6.26. The van der Waals surface area contributed by atoms with E-state index in [1.165, 1.54) is 16.5 Å². The van der Waals surface area contributed by atoms with Gasteiger partial charge in [0.1, 0.15) is 0 Å². The number of aromatic nitrogens is 1. The first-order valence-corrected chi connectivity index (χ1v) is 8.03. The van der Waals surface area contributed by atoms with Crippen molar-refractivity contribution < 1.29 is 0 Å². The lowest BCUT2D eigenvalue weighted by atomic mass is 10.2. The SMILES string of the molecule is Cn1cc(CNc2ccc(Br)c(Cl)c2Cl)c2ccccc21. The minimum atomic E-state index is 0.527. The lowest BCUT2D eigenvalue weighted by molar-refractivity contribution is 0.956. The second kappa shape index (κ2) is 5.91. The van der Waals surface area contributed by atoms with Crippen molar-refractivity contribution >= 4 is 55.7 Å². The molecule has 0 aliphatic rings. The van der Waals surface area contributed by atoms with Crippen LogP contribution in [0.3, 0.4) is 0 Å². The normalized spacial score (nSPS) is 11.0. The maximum Gasteiger partial charge on any atom is 0.0835 e. The van der Waals surface area contributed by atoms with Crippen molar-refractivity contribution in [3.05, 3.63) is 62.7 Å². The molecule has 1 N–H and O–H groups in total. The Labute approximate surface area is 141 Å². The molecule has 0 atom stereocenters. The Hall–Kier alpha value is -1.16. The molecule has 21 heavy (non-hydrogen) atoms. The lowest BCUT2D eigenvalue weighted by Gasteiger charge is -2.10. The molecule has 1 aromatic heterocycles. The molecule has 0 saturated carbocycles. The van der Waals surface area contributed by atoms with Crippen LogP contribution in [0.5, 0.6) is 0 Å². The third-order valence-corrected chi connectivity index (χ3v) is 5.25. The molecule has 5 heteroatoms. The van der Waals surface area contributed by atoms with Crippen LogP contribution in [0.1, 0.15) is 5.56 Å². The predicted molar refractivity (Wildman–Crippen MR) is 94.4 cm³/mol. The second-order valence-corrected chi connectivity index (χ2v) is 6.47. The smallest absolute Gasteiger partial charge is 0.0835 e. The molecule has 0 spiro atoms. The van der Waals surface area contributed by atoms with E-state index in [0.29, 0.717) is 16.6 Å². The standard InChI is InChI=1S/C16H13BrCl2N2/c1-21-9-10(11-4-2-3-5-14(11)21)8-20-13-7-6-12(17)15(18)16(13)19/h2-7,9,20H,8H2,1H3. The number of para-hydroxylation sites is 1. The quantitative estimate of drug-likeness (QED) is 0.560. The van der Waals surface area contributed by atoms with Gasteiger partial charge in [0.05, 0.1) is 15.7 Å². The van der Waals surface area contributed by atoms with Crippen LogP contribution in [0.4, 0.5) is 5.69 Å². The zero-order valence-corrected chi connectivity index (χ0v) is 14.4. The summed E-state index contributed by atoms with van der Waals surface area (Å²) in [5.41, 5.74) is 3.27. The van der Waals surface area contributed by atoms with Crippen molar-refractivity contribution in [3.63, 3.8) is 0 Å². The average molecular weight is 384 g/mol. The van der Waals surface area contributed by atoms with Gasteiger partial charge in [0, 0.05) is 35.2 Å². The van der Waals surface area contributed by atoms with Crippen LogP contribution < -0.4 is 5.32 Å². The Kier molecular flexibility index (Phi) is 4.16. The number of benzene rings is 2. The zero-order valence-electron chi connectivity index (χ0n) is 11.3. The number of aryl methyl sites for hydroxylation is 1. The van der Waals surface area contributed by atoms with Crippen molar-refractivity contribution in [3.8, 4) is 0 Å². The van der Waals surface area contributed by atoms with Gasteiger partial charge >= 0.3 is 0 Å². The number of fused-ring (bicyclic) bond motifs is 1. The third-order valence-electron chi connectivity index (χ3n) is 3.48. The number of hydrogen-bond acceptors (Lipinski definition) is 1. The highest BCUT2D eigenvalue weighted by molar-refractivity contribution is 9.10. The van der Waals surface area contributed by atoms with E-state index in [0.717, 1.165) is 10.2 Å². The molecule has 0 aliphatic heterocycles. The number of anilines is 1. The van der Waals surface area contributed by atoms with Gasteiger partial charge in [-0.2, -0.15) is 0 Å². The molecule has 0 unspecified atom stereocenters. The Balaban J connectivity index is 1.89. The fourth-order valence-electron chi connectivity index (χ4n) is 2.42.